The Bertz CT molecular complexity index is 1170. The molecule has 0 saturated carbocycles. The van der Waals surface area contributed by atoms with Crippen LogP contribution in [0.25, 0.3) is 11.1 Å². The van der Waals surface area contributed by atoms with Crippen LogP contribution in [0.15, 0.2) is 27.7 Å². The zero-order valence-electron chi connectivity index (χ0n) is 16.8. The molecule has 10 heteroatoms. The Labute approximate surface area is 175 Å². The number of nitrogens with zero attached hydrogens (tertiary/aromatic N) is 2. The fraction of sp³-hybridized carbons (Fsp3) is 0.350. The predicted molar refractivity (Wildman–Crippen MR) is 110 cm³/mol. The van der Waals surface area contributed by atoms with Crippen molar-refractivity contribution in [3.63, 3.8) is 0 Å². The van der Waals surface area contributed by atoms with Crippen molar-refractivity contribution in [2.24, 2.45) is 0 Å². The number of fused-ring (bicyclic) bond motifs is 1. The maximum absolute atomic E-state index is 12.9. The van der Waals surface area contributed by atoms with E-state index in [2.05, 4.69) is 10.3 Å². The SMILES string of the molecule is CCOC(=O)c1c(C)oc2ncn(CC(=O)c3ccc(CCNC(C)=O)s3)c(=O)c12. The number of esters is 1. The number of amides is 1. The molecule has 0 unspecified atom stereocenters. The molecule has 0 atom stereocenters. The van der Waals surface area contributed by atoms with Crippen LogP contribution in [0.4, 0.5) is 0 Å². The first kappa shape index (κ1) is 21.4. The maximum atomic E-state index is 12.9. The number of thiophene rings is 1. The molecule has 0 aromatic carbocycles. The third kappa shape index (κ3) is 4.48. The smallest absolute Gasteiger partial charge is 0.342 e. The van der Waals surface area contributed by atoms with Crippen molar-refractivity contribution in [3.8, 4) is 0 Å². The fourth-order valence-corrected chi connectivity index (χ4v) is 3.89. The third-order valence-corrected chi connectivity index (χ3v) is 5.52. The summed E-state index contributed by atoms with van der Waals surface area (Å²) in [5.41, 5.74) is -0.487. The van der Waals surface area contributed by atoms with Crippen LogP contribution in [0.2, 0.25) is 0 Å². The lowest BCUT2D eigenvalue weighted by molar-refractivity contribution is -0.118. The molecule has 0 fully saturated rings. The van der Waals surface area contributed by atoms with Gasteiger partial charge >= 0.3 is 5.97 Å². The summed E-state index contributed by atoms with van der Waals surface area (Å²) in [6, 6.07) is 3.52. The van der Waals surface area contributed by atoms with E-state index in [0.717, 1.165) is 9.44 Å². The standard InChI is InChI=1S/C20H21N3O6S/c1-4-28-20(27)16-11(2)29-18-17(16)19(26)23(10-22-18)9-14(25)15-6-5-13(30-15)7-8-21-12(3)24/h5-6,10H,4,7-9H2,1-3H3,(H,21,24). The molecule has 158 valence electrons. The van der Waals surface area contributed by atoms with Crippen molar-refractivity contribution in [3.05, 3.63) is 49.9 Å². The molecular formula is C20H21N3O6S. The Kier molecular flexibility index (Phi) is 6.46. The largest absolute Gasteiger partial charge is 0.462 e. The van der Waals surface area contributed by atoms with Crippen LogP contribution in [0.5, 0.6) is 0 Å². The monoisotopic (exact) mass is 431 g/mol. The van der Waals surface area contributed by atoms with E-state index < -0.39 is 11.5 Å². The van der Waals surface area contributed by atoms with Crippen molar-refractivity contribution in [1.82, 2.24) is 14.9 Å². The minimum absolute atomic E-state index is 0.00317. The molecule has 1 amide bonds. The number of hydrogen-bond donors (Lipinski definition) is 1. The Hall–Kier alpha value is -3.27. The lowest BCUT2D eigenvalue weighted by Gasteiger charge is -2.04. The molecule has 30 heavy (non-hydrogen) atoms. The molecule has 0 saturated heterocycles. The topological polar surface area (TPSA) is 120 Å². The zero-order valence-corrected chi connectivity index (χ0v) is 17.6. The number of aromatic nitrogens is 2. The minimum atomic E-state index is -0.668. The molecule has 0 spiro atoms. The zero-order chi connectivity index (χ0) is 21.8. The number of furan rings is 1. The Morgan fingerprint density at radius 3 is 2.77 bits per heavy atom. The van der Waals surface area contributed by atoms with E-state index in [1.54, 1.807) is 19.9 Å². The molecule has 0 radical (unpaired) electrons. The Morgan fingerprint density at radius 1 is 1.30 bits per heavy atom. The molecule has 1 N–H and O–H groups in total. The highest BCUT2D eigenvalue weighted by atomic mass is 32.1. The first-order valence-corrected chi connectivity index (χ1v) is 10.2. The number of ether oxygens (including phenoxy) is 1. The minimum Gasteiger partial charge on any atom is -0.462 e. The second kappa shape index (κ2) is 9.04. The van der Waals surface area contributed by atoms with Crippen molar-refractivity contribution in [1.29, 1.82) is 0 Å². The molecule has 0 aliphatic carbocycles. The van der Waals surface area contributed by atoms with E-state index in [4.69, 9.17) is 9.15 Å². The summed E-state index contributed by atoms with van der Waals surface area (Å²) < 4.78 is 11.6. The van der Waals surface area contributed by atoms with E-state index in [0.29, 0.717) is 17.8 Å². The quantitative estimate of drug-likeness (QED) is 0.428. The molecule has 3 heterocycles. The third-order valence-electron chi connectivity index (χ3n) is 4.33. The van der Waals surface area contributed by atoms with E-state index >= 15 is 0 Å². The summed E-state index contributed by atoms with van der Waals surface area (Å²) in [4.78, 5) is 54.3. The van der Waals surface area contributed by atoms with Gasteiger partial charge in [-0.3, -0.25) is 19.0 Å². The van der Waals surface area contributed by atoms with Gasteiger partial charge in [-0.25, -0.2) is 9.78 Å². The van der Waals surface area contributed by atoms with Crippen LogP contribution in [-0.4, -0.2) is 40.4 Å². The second-order valence-corrected chi connectivity index (χ2v) is 7.70. The van der Waals surface area contributed by atoms with Crippen LogP contribution >= 0.6 is 11.3 Å². The maximum Gasteiger partial charge on any atom is 0.342 e. The summed E-state index contributed by atoms with van der Waals surface area (Å²) in [5, 5.41) is 2.71. The second-order valence-electron chi connectivity index (χ2n) is 6.53. The van der Waals surface area contributed by atoms with Crippen molar-refractivity contribution in [2.75, 3.05) is 13.2 Å². The molecule has 9 nitrogen and oxygen atoms in total. The van der Waals surface area contributed by atoms with E-state index in [-0.39, 0.29) is 47.3 Å². The number of nitrogens with one attached hydrogen (secondary N) is 1. The fourth-order valence-electron chi connectivity index (χ4n) is 2.96. The highest BCUT2D eigenvalue weighted by molar-refractivity contribution is 7.14. The van der Waals surface area contributed by atoms with Gasteiger partial charge in [-0.2, -0.15) is 0 Å². The van der Waals surface area contributed by atoms with Crippen LogP contribution in [0.3, 0.4) is 0 Å². The number of carbonyl (C=O) groups excluding carboxylic acids is 3. The first-order chi connectivity index (χ1) is 14.3. The average molecular weight is 431 g/mol. The van der Waals surface area contributed by atoms with Crippen molar-refractivity contribution in [2.45, 2.75) is 33.7 Å². The number of hydrogen-bond acceptors (Lipinski definition) is 8. The summed E-state index contributed by atoms with van der Waals surface area (Å²) in [5.74, 6) is -0.799. The van der Waals surface area contributed by atoms with Gasteiger partial charge in [0.25, 0.3) is 5.56 Å². The van der Waals surface area contributed by atoms with Crippen molar-refractivity contribution < 1.29 is 23.5 Å². The number of aryl methyl sites for hydroxylation is 1. The van der Waals surface area contributed by atoms with E-state index in [9.17, 15) is 19.2 Å². The summed E-state index contributed by atoms with van der Waals surface area (Å²) in [6.07, 6.45) is 1.84. The van der Waals surface area contributed by atoms with Crippen LogP contribution in [0, 0.1) is 6.92 Å². The number of rotatable bonds is 8. The number of ketones is 1. The molecule has 0 aliphatic rings. The van der Waals surface area contributed by atoms with Crippen LogP contribution in [0.1, 0.15) is 44.5 Å². The van der Waals surface area contributed by atoms with E-state index in [1.807, 2.05) is 6.07 Å². The lowest BCUT2D eigenvalue weighted by atomic mass is 10.2. The van der Waals surface area contributed by atoms with Crippen LogP contribution < -0.4 is 10.9 Å². The van der Waals surface area contributed by atoms with E-state index in [1.165, 1.54) is 24.6 Å². The first-order valence-electron chi connectivity index (χ1n) is 9.33. The summed E-state index contributed by atoms with van der Waals surface area (Å²) >= 11 is 1.31. The van der Waals surface area contributed by atoms with Gasteiger partial charge in [0.2, 0.25) is 11.6 Å². The number of Topliss-reactive ketones (excluding diaryl/α,β-unsaturated/α-hetero) is 1. The molecule has 3 aromatic heterocycles. The highest BCUT2D eigenvalue weighted by Crippen LogP contribution is 2.22. The van der Waals surface area contributed by atoms with Gasteiger partial charge in [0.05, 0.1) is 18.0 Å². The van der Waals surface area contributed by atoms with Gasteiger partial charge in [0.1, 0.15) is 23.0 Å². The van der Waals surface area contributed by atoms with Gasteiger partial charge in [0, 0.05) is 18.3 Å². The van der Waals surface area contributed by atoms with Gasteiger partial charge in [-0.15, -0.1) is 11.3 Å². The molecule has 0 aliphatic heterocycles. The predicted octanol–water partition coefficient (Wildman–Crippen LogP) is 2.10. The highest BCUT2D eigenvalue weighted by Gasteiger charge is 2.24. The number of carbonyl (C=O) groups is 3. The summed E-state index contributed by atoms with van der Waals surface area (Å²) in [7, 11) is 0. The summed E-state index contributed by atoms with van der Waals surface area (Å²) in [6.45, 7) is 5.08. The Morgan fingerprint density at radius 2 is 2.07 bits per heavy atom. The molecular weight excluding hydrogens is 410 g/mol. The average Bonchev–Trinajstić information content (AvgIpc) is 3.28. The van der Waals surface area contributed by atoms with Crippen molar-refractivity contribution >= 4 is 40.1 Å². The van der Waals surface area contributed by atoms with Gasteiger partial charge < -0.3 is 14.5 Å². The molecule has 0 bridgehead atoms. The molecule has 3 rings (SSSR count). The van der Waals surface area contributed by atoms with Gasteiger partial charge in [-0.05, 0) is 32.4 Å². The molecule has 3 aromatic rings. The lowest BCUT2D eigenvalue weighted by Crippen LogP contribution is -2.25. The van der Waals surface area contributed by atoms with Gasteiger partial charge in [-0.1, -0.05) is 0 Å². The Balaban J connectivity index is 1.83. The normalized spacial score (nSPS) is 10.9. The van der Waals surface area contributed by atoms with Gasteiger partial charge in [0.15, 0.2) is 5.78 Å². The van der Waals surface area contributed by atoms with Crippen LogP contribution in [-0.2, 0) is 22.5 Å².